The minimum absolute atomic E-state index is 0.120. The zero-order valence-corrected chi connectivity index (χ0v) is 22.9. The van der Waals surface area contributed by atoms with Crippen molar-refractivity contribution >= 4 is 11.8 Å². The zero-order chi connectivity index (χ0) is 27.6. The smallest absolute Gasteiger partial charge is 0.310 e. The summed E-state index contributed by atoms with van der Waals surface area (Å²) in [6, 6.07) is 2.07. The molecule has 0 aromatic carbocycles. The molecule has 5 aliphatic rings. The van der Waals surface area contributed by atoms with Crippen LogP contribution in [0.5, 0.6) is 0 Å². The van der Waals surface area contributed by atoms with Gasteiger partial charge in [0, 0.05) is 22.7 Å². The highest BCUT2D eigenvalue weighted by Gasteiger charge is 2.77. The van der Waals surface area contributed by atoms with Gasteiger partial charge in [0.15, 0.2) is 5.78 Å². The van der Waals surface area contributed by atoms with Crippen molar-refractivity contribution in [2.45, 2.75) is 104 Å². The number of carboxylic acids is 1. The van der Waals surface area contributed by atoms with Crippen molar-refractivity contribution in [1.29, 1.82) is 5.26 Å². The Bertz CT molecular complexity index is 1210. The van der Waals surface area contributed by atoms with Crippen molar-refractivity contribution in [3.8, 4) is 6.07 Å². The SMILES string of the molecule is CC1(C)CC[C@]2(C(=O)O)CC[C@@]3(C)[C@]4(C)CC[C@H]5[C@](C)(O)C(O)=C(C#N)C[C@]5(C)C4=CC(=O)[C@]3(O)[C@@H]2C1. The maximum atomic E-state index is 14.3. The molecule has 5 aliphatic carbocycles. The molecule has 0 aromatic rings. The van der Waals surface area contributed by atoms with E-state index in [1.165, 1.54) is 0 Å². The van der Waals surface area contributed by atoms with Gasteiger partial charge in [-0.2, -0.15) is 5.26 Å². The summed E-state index contributed by atoms with van der Waals surface area (Å²) in [7, 11) is 0. The van der Waals surface area contributed by atoms with Gasteiger partial charge in [-0.1, -0.05) is 40.2 Å². The lowest BCUT2D eigenvalue weighted by Crippen LogP contribution is -2.75. The van der Waals surface area contributed by atoms with Crippen LogP contribution in [0.1, 0.15) is 92.9 Å². The molecule has 0 bridgehead atoms. The molecule has 0 amide bonds. The number of rotatable bonds is 1. The summed E-state index contributed by atoms with van der Waals surface area (Å²) < 4.78 is 0. The summed E-state index contributed by atoms with van der Waals surface area (Å²) in [5.41, 5.74) is -6.21. The van der Waals surface area contributed by atoms with Crippen LogP contribution in [0.4, 0.5) is 0 Å². The first kappa shape index (κ1) is 26.4. The number of carbonyl (C=O) groups is 2. The Labute approximate surface area is 219 Å². The van der Waals surface area contributed by atoms with Crippen LogP contribution >= 0.6 is 0 Å². The molecule has 4 N–H and O–H groups in total. The van der Waals surface area contributed by atoms with Crippen LogP contribution in [0.25, 0.3) is 0 Å². The van der Waals surface area contributed by atoms with Crippen LogP contribution in [-0.2, 0) is 9.59 Å². The average Bonchev–Trinajstić information content (AvgIpc) is 2.80. The Kier molecular flexibility index (Phi) is 5.19. The maximum Gasteiger partial charge on any atom is 0.310 e. The molecule has 0 radical (unpaired) electrons. The number of nitrogens with zero attached hydrogens (tertiary/aromatic N) is 1. The van der Waals surface area contributed by atoms with Crippen LogP contribution in [0, 0.1) is 50.2 Å². The molecule has 0 aliphatic heterocycles. The van der Waals surface area contributed by atoms with Gasteiger partial charge in [0.1, 0.15) is 17.0 Å². The first-order valence-corrected chi connectivity index (χ1v) is 13.7. The molecule has 5 rings (SSSR count). The van der Waals surface area contributed by atoms with Crippen LogP contribution in [0.15, 0.2) is 23.0 Å². The van der Waals surface area contributed by atoms with Gasteiger partial charge in [-0.05, 0) is 75.2 Å². The molecule has 0 saturated heterocycles. The lowest BCUT2D eigenvalue weighted by molar-refractivity contribution is -0.249. The number of fused-ring (bicyclic) bond motifs is 7. The van der Waals surface area contributed by atoms with E-state index in [1.807, 2.05) is 13.8 Å². The third-order valence-corrected chi connectivity index (χ3v) is 12.4. The number of nitriles is 1. The number of aliphatic carboxylic acids is 1. The van der Waals surface area contributed by atoms with Crippen LogP contribution in [-0.4, -0.2) is 43.4 Å². The Morgan fingerprint density at radius 2 is 1.62 bits per heavy atom. The Morgan fingerprint density at radius 3 is 2.22 bits per heavy atom. The molecule has 37 heavy (non-hydrogen) atoms. The van der Waals surface area contributed by atoms with Gasteiger partial charge in [0.05, 0.1) is 17.1 Å². The minimum Gasteiger partial charge on any atom is -0.508 e. The van der Waals surface area contributed by atoms with Gasteiger partial charge in [0.2, 0.25) is 0 Å². The van der Waals surface area contributed by atoms with Crippen molar-refractivity contribution in [1.82, 2.24) is 0 Å². The molecule has 0 aromatic heterocycles. The fraction of sp³-hybridized carbons (Fsp3) is 0.767. The van der Waals surface area contributed by atoms with E-state index in [2.05, 4.69) is 26.8 Å². The monoisotopic (exact) mass is 511 g/mol. The molecule has 0 spiro atoms. The molecular formula is C30H41NO6. The second-order valence-corrected chi connectivity index (χ2v) is 14.5. The molecule has 7 nitrogen and oxygen atoms in total. The Morgan fingerprint density at radius 1 is 1.00 bits per heavy atom. The van der Waals surface area contributed by atoms with Crippen molar-refractivity contribution in [3.63, 3.8) is 0 Å². The lowest BCUT2D eigenvalue weighted by Gasteiger charge is -2.71. The fourth-order valence-corrected chi connectivity index (χ4v) is 9.96. The van der Waals surface area contributed by atoms with Gasteiger partial charge in [0.25, 0.3) is 0 Å². The van der Waals surface area contributed by atoms with E-state index in [0.717, 1.165) is 12.0 Å². The van der Waals surface area contributed by atoms with E-state index in [-0.39, 0.29) is 23.2 Å². The van der Waals surface area contributed by atoms with Crippen LogP contribution < -0.4 is 0 Å². The molecule has 0 unspecified atom stereocenters. The molecule has 3 fully saturated rings. The molecular weight excluding hydrogens is 470 g/mol. The molecule has 7 heteroatoms. The lowest BCUT2D eigenvalue weighted by atomic mass is 9.33. The van der Waals surface area contributed by atoms with E-state index < -0.39 is 56.5 Å². The van der Waals surface area contributed by atoms with Gasteiger partial charge < -0.3 is 20.4 Å². The molecule has 3 saturated carbocycles. The van der Waals surface area contributed by atoms with Gasteiger partial charge in [-0.25, -0.2) is 0 Å². The normalized spacial score (nSPS) is 50.6. The second kappa shape index (κ2) is 7.27. The number of hydrogen-bond acceptors (Lipinski definition) is 6. The average molecular weight is 512 g/mol. The van der Waals surface area contributed by atoms with Crippen LogP contribution in [0.3, 0.4) is 0 Å². The standard InChI is InChI=1S/C30H41NO6/c1-24(2)9-11-29(23(34)35)12-10-27(5)26(4)8-7-18-25(3,14-17(16-31)22(33)28(18,6)36)19(26)13-21(32)30(27,37)20(29)15-24/h13,18,20,33,36-37H,7-12,14-15H2,1-6H3,(H,34,35)/t18-,20-,25+,26-,27+,28+,29+,30-/m1/s1. The van der Waals surface area contributed by atoms with Crippen LogP contribution in [0.2, 0.25) is 0 Å². The molecule has 0 heterocycles. The summed E-state index contributed by atoms with van der Waals surface area (Å²) in [5, 5.41) is 55.1. The highest BCUT2D eigenvalue weighted by molar-refractivity contribution is 6.01. The third kappa shape index (κ3) is 2.84. The van der Waals surface area contributed by atoms with E-state index in [4.69, 9.17) is 0 Å². The fourth-order valence-electron chi connectivity index (χ4n) is 9.96. The first-order chi connectivity index (χ1) is 16.9. The van der Waals surface area contributed by atoms with Crippen molar-refractivity contribution in [3.05, 3.63) is 23.0 Å². The topological polar surface area (TPSA) is 139 Å². The summed E-state index contributed by atoms with van der Waals surface area (Å²) in [5.74, 6) is -2.78. The summed E-state index contributed by atoms with van der Waals surface area (Å²) in [4.78, 5) is 27.1. The van der Waals surface area contributed by atoms with E-state index in [9.17, 15) is 35.3 Å². The van der Waals surface area contributed by atoms with Crippen molar-refractivity contribution in [2.75, 3.05) is 0 Å². The number of aliphatic hydroxyl groups excluding tert-OH is 1. The van der Waals surface area contributed by atoms with E-state index in [0.29, 0.717) is 38.5 Å². The number of hydrogen-bond donors (Lipinski definition) is 4. The summed E-state index contributed by atoms with van der Waals surface area (Å²) >= 11 is 0. The molecule has 8 atom stereocenters. The predicted molar refractivity (Wildman–Crippen MR) is 136 cm³/mol. The predicted octanol–water partition coefficient (Wildman–Crippen LogP) is 4.84. The highest BCUT2D eigenvalue weighted by Crippen LogP contribution is 2.75. The van der Waals surface area contributed by atoms with Gasteiger partial charge in [-0.3, -0.25) is 9.59 Å². The number of ketones is 1. The number of aliphatic hydroxyl groups is 3. The number of carbonyl (C=O) groups excluding carboxylic acids is 1. The second-order valence-electron chi connectivity index (χ2n) is 14.5. The van der Waals surface area contributed by atoms with Crippen molar-refractivity contribution < 1.29 is 30.0 Å². The van der Waals surface area contributed by atoms with E-state index in [1.54, 1.807) is 13.0 Å². The number of carboxylic acid groups (broad SMARTS) is 1. The van der Waals surface area contributed by atoms with Gasteiger partial charge in [-0.15, -0.1) is 0 Å². The van der Waals surface area contributed by atoms with E-state index >= 15 is 0 Å². The van der Waals surface area contributed by atoms with Gasteiger partial charge >= 0.3 is 5.97 Å². The quantitative estimate of drug-likeness (QED) is 0.395. The highest BCUT2D eigenvalue weighted by atomic mass is 16.4. The zero-order valence-electron chi connectivity index (χ0n) is 22.9. The minimum atomic E-state index is -1.84. The third-order valence-electron chi connectivity index (χ3n) is 12.4. The van der Waals surface area contributed by atoms with Crippen molar-refractivity contribution in [2.24, 2.45) is 38.9 Å². The Hall–Kier alpha value is -2.17. The largest absolute Gasteiger partial charge is 0.508 e. The first-order valence-electron chi connectivity index (χ1n) is 13.7. The number of allylic oxidation sites excluding steroid dienone is 2. The molecule has 202 valence electrons. The Balaban J connectivity index is 1.73. The maximum absolute atomic E-state index is 14.3. The summed E-state index contributed by atoms with van der Waals surface area (Å²) in [6.45, 7) is 11.7. The summed E-state index contributed by atoms with van der Waals surface area (Å²) in [6.07, 6.45) is 5.30.